The second-order valence-corrected chi connectivity index (χ2v) is 3.91. The molecule has 0 rings (SSSR count). The normalized spacial score (nSPS) is 12.9. The van der Waals surface area contributed by atoms with E-state index in [0.717, 1.165) is 0 Å². The molecule has 18 heavy (non-hydrogen) atoms. The lowest BCUT2D eigenvalue weighted by atomic mass is 10.2. The lowest BCUT2D eigenvalue weighted by Gasteiger charge is -2.24. The van der Waals surface area contributed by atoms with E-state index in [-0.39, 0.29) is 19.4 Å². The standard InChI is InChI=1S/C10H17F3N2O3/c1-3-15(6-10(11,12)13)9(18)14-7(2)4-5-8(16)17/h7H,3-6H2,1-2H3,(H,14,18)(H,16,17). The van der Waals surface area contributed by atoms with Gasteiger partial charge in [0.2, 0.25) is 0 Å². The van der Waals surface area contributed by atoms with Crippen molar-refractivity contribution in [2.24, 2.45) is 0 Å². The molecule has 0 aliphatic heterocycles. The molecule has 2 amide bonds. The van der Waals surface area contributed by atoms with Crippen LogP contribution in [-0.4, -0.2) is 47.3 Å². The van der Waals surface area contributed by atoms with Crippen LogP contribution in [-0.2, 0) is 4.79 Å². The van der Waals surface area contributed by atoms with Crippen LogP contribution in [0.4, 0.5) is 18.0 Å². The predicted octanol–water partition coefficient (Wildman–Crippen LogP) is 1.83. The molecule has 0 saturated heterocycles. The highest BCUT2D eigenvalue weighted by atomic mass is 19.4. The molecule has 5 nitrogen and oxygen atoms in total. The first-order chi connectivity index (χ1) is 8.15. The molecule has 0 aromatic carbocycles. The van der Waals surface area contributed by atoms with Crippen molar-refractivity contribution >= 4 is 12.0 Å². The molecule has 0 aliphatic carbocycles. The third-order valence-electron chi connectivity index (χ3n) is 2.20. The molecule has 0 heterocycles. The predicted molar refractivity (Wildman–Crippen MR) is 58.2 cm³/mol. The number of aliphatic carboxylic acids is 1. The second-order valence-electron chi connectivity index (χ2n) is 3.91. The molecule has 0 bridgehead atoms. The van der Waals surface area contributed by atoms with E-state index in [9.17, 15) is 22.8 Å². The Bertz CT molecular complexity index is 295. The van der Waals surface area contributed by atoms with Crippen LogP contribution in [0.3, 0.4) is 0 Å². The Kier molecular flexibility index (Phi) is 6.50. The Morgan fingerprint density at radius 1 is 1.39 bits per heavy atom. The number of carbonyl (C=O) groups excluding carboxylic acids is 1. The van der Waals surface area contributed by atoms with Gasteiger partial charge < -0.3 is 15.3 Å². The maximum Gasteiger partial charge on any atom is 0.406 e. The van der Waals surface area contributed by atoms with Gasteiger partial charge in [0.05, 0.1) is 0 Å². The number of alkyl halides is 3. The monoisotopic (exact) mass is 270 g/mol. The molecule has 1 atom stereocenters. The summed E-state index contributed by atoms with van der Waals surface area (Å²) in [6, 6.07) is -1.33. The molecule has 106 valence electrons. The molecule has 0 aromatic rings. The largest absolute Gasteiger partial charge is 0.481 e. The fraction of sp³-hybridized carbons (Fsp3) is 0.800. The van der Waals surface area contributed by atoms with Crippen LogP contribution in [0.1, 0.15) is 26.7 Å². The summed E-state index contributed by atoms with van der Waals surface area (Å²) in [7, 11) is 0. The number of nitrogens with one attached hydrogen (secondary N) is 1. The molecule has 0 saturated carbocycles. The average Bonchev–Trinajstić information content (AvgIpc) is 2.21. The molecule has 0 aromatic heterocycles. The lowest BCUT2D eigenvalue weighted by Crippen LogP contribution is -2.47. The first-order valence-corrected chi connectivity index (χ1v) is 5.49. The number of carboxylic acid groups (broad SMARTS) is 1. The summed E-state index contributed by atoms with van der Waals surface area (Å²) in [5, 5.41) is 10.8. The minimum Gasteiger partial charge on any atom is -0.481 e. The van der Waals surface area contributed by atoms with Crippen molar-refractivity contribution in [3.05, 3.63) is 0 Å². The summed E-state index contributed by atoms with van der Waals surface area (Å²) in [5.41, 5.74) is 0. The smallest absolute Gasteiger partial charge is 0.406 e. The number of rotatable bonds is 6. The SMILES string of the molecule is CCN(CC(F)(F)F)C(=O)NC(C)CCC(=O)O. The fourth-order valence-electron chi connectivity index (χ4n) is 1.26. The number of amides is 2. The molecule has 0 spiro atoms. The average molecular weight is 270 g/mol. The maximum atomic E-state index is 12.1. The fourth-order valence-corrected chi connectivity index (χ4v) is 1.26. The first kappa shape index (κ1) is 16.5. The Labute approximate surface area is 103 Å². The number of urea groups is 1. The van der Waals surface area contributed by atoms with E-state index in [4.69, 9.17) is 5.11 Å². The number of carboxylic acids is 1. The van der Waals surface area contributed by atoms with Gasteiger partial charge in [0, 0.05) is 19.0 Å². The number of hydrogen-bond acceptors (Lipinski definition) is 2. The van der Waals surface area contributed by atoms with Gasteiger partial charge in [-0.25, -0.2) is 4.79 Å². The summed E-state index contributed by atoms with van der Waals surface area (Å²) in [5.74, 6) is -1.02. The van der Waals surface area contributed by atoms with Gasteiger partial charge in [-0.3, -0.25) is 4.79 Å². The van der Waals surface area contributed by atoms with Gasteiger partial charge in [0.25, 0.3) is 0 Å². The zero-order valence-electron chi connectivity index (χ0n) is 10.3. The number of nitrogens with zero attached hydrogens (tertiary/aromatic N) is 1. The van der Waals surface area contributed by atoms with Crippen molar-refractivity contribution < 1.29 is 27.9 Å². The molecule has 0 radical (unpaired) electrons. The summed E-state index contributed by atoms with van der Waals surface area (Å²) in [6.07, 6.45) is -4.42. The number of carbonyl (C=O) groups is 2. The highest BCUT2D eigenvalue weighted by Gasteiger charge is 2.32. The van der Waals surface area contributed by atoms with Crippen molar-refractivity contribution in [1.29, 1.82) is 0 Å². The summed E-state index contributed by atoms with van der Waals surface area (Å²) < 4.78 is 36.4. The van der Waals surface area contributed by atoms with Gasteiger partial charge in [0.15, 0.2) is 0 Å². The Morgan fingerprint density at radius 3 is 2.33 bits per heavy atom. The van der Waals surface area contributed by atoms with Crippen LogP contribution in [0.25, 0.3) is 0 Å². The van der Waals surface area contributed by atoms with E-state index in [1.165, 1.54) is 6.92 Å². The molecule has 0 aliphatic rings. The van der Waals surface area contributed by atoms with Crippen LogP contribution in [0.5, 0.6) is 0 Å². The van der Waals surface area contributed by atoms with Crippen molar-refractivity contribution in [3.63, 3.8) is 0 Å². The van der Waals surface area contributed by atoms with E-state index < -0.39 is 30.8 Å². The quantitative estimate of drug-likeness (QED) is 0.773. The van der Waals surface area contributed by atoms with E-state index in [1.807, 2.05) is 0 Å². The van der Waals surface area contributed by atoms with Gasteiger partial charge in [-0.2, -0.15) is 13.2 Å². The van der Waals surface area contributed by atoms with Gasteiger partial charge in [-0.05, 0) is 20.3 Å². The van der Waals surface area contributed by atoms with Crippen LogP contribution in [0, 0.1) is 0 Å². The van der Waals surface area contributed by atoms with Crippen LogP contribution in [0.15, 0.2) is 0 Å². The summed E-state index contributed by atoms with van der Waals surface area (Å²) >= 11 is 0. The zero-order chi connectivity index (χ0) is 14.3. The highest BCUT2D eigenvalue weighted by Crippen LogP contribution is 2.16. The number of hydrogen-bond donors (Lipinski definition) is 2. The van der Waals surface area contributed by atoms with Gasteiger partial charge in [-0.1, -0.05) is 0 Å². The lowest BCUT2D eigenvalue weighted by molar-refractivity contribution is -0.139. The van der Waals surface area contributed by atoms with Gasteiger partial charge in [0.1, 0.15) is 6.54 Å². The molecule has 0 fully saturated rings. The maximum absolute atomic E-state index is 12.1. The van der Waals surface area contributed by atoms with E-state index >= 15 is 0 Å². The van der Waals surface area contributed by atoms with Crippen LogP contribution >= 0.6 is 0 Å². The molecular weight excluding hydrogens is 253 g/mol. The third-order valence-corrected chi connectivity index (χ3v) is 2.20. The highest BCUT2D eigenvalue weighted by molar-refractivity contribution is 5.74. The van der Waals surface area contributed by atoms with Crippen molar-refractivity contribution in [2.75, 3.05) is 13.1 Å². The Morgan fingerprint density at radius 2 is 1.94 bits per heavy atom. The minimum absolute atomic E-state index is 0.0724. The van der Waals surface area contributed by atoms with E-state index in [1.54, 1.807) is 6.92 Å². The van der Waals surface area contributed by atoms with Crippen molar-refractivity contribution in [1.82, 2.24) is 10.2 Å². The molecule has 8 heteroatoms. The van der Waals surface area contributed by atoms with Gasteiger partial charge >= 0.3 is 18.2 Å². The topological polar surface area (TPSA) is 69.6 Å². The summed E-state index contributed by atoms with van der Waals surface area (Å²) in [4.78, 5) is 22.4. The Hall–Kier alpha value is -1.47. The van der Waals surface area contributed by atoms with E-state index in [0.29, 0.717) is 4.90 Å². The minimum atomic E-state index is -4.45. The molecule has 2 N–H and O–H groups in total. The number of halogens is 3. The second kappa shape index (κ2) is 7.07. The van der Waals surface area contributed by atoms with Crippen LogP contribution in [0.2, 0.25) is 0 Å². The van der Waals surface area contributed by atoms with E-state index in [2.05, 4.69) is 5.32 Å². The van der Waals surface area contributed by atoms with Crippen molar-refractivity contribution in [3.8, 4) is 0 Å². The van der Waals surface area contributed by atoms with Crippen LogP contribution < -0.4 is 5.32 Å². The first-order valence-electron chi connectivity index (χ1n) is 5.49. The summed E-state index contributed by atoms with van der Waals surface area (Å²) in [6.45, 7) is 1.59. The molecular formula is C10H17F3N2O3. The van der Waals surface area contributed by atoms with Crippen molar-refractivity contribution in [2.45, 2.75) is 38.9 Å². The molecule has 1 unspecified atom stereocenters. The zero-order valence-corrected chi connectivity index (χ0v) is 10.3. The van der Waals surface area contributed by atoms with Gasteiger partial charge in [-0.15, -0.1) is 0 Å². The third kappa shape index (κ3) is 7.75. The Balaban J connectivity index is 4.22.